The molecule has 0 fully saturated rings. The van der Waals surface area contributed by atoms with Gasteiger partial charge in [0.2, 0.25) is 0 Å². The van der Waals surface area contributed by atoms with Crippen LogP contribution in [0.3, 0.4) is 0 Å². The second-order valence-corrected chi connectivity index (χ2v) is 4.08. The van der Waals surface area contributed by atoms with Crippen LogP contribution in [0.2, 0.25) is 0 Å². The average molecular weight is 213 g/mol. The predicted octanol–water partition coefficient (Wildman–Crippen LogP) is 3.85. The third kappa shape index (κ3) is 4.01. The van der Waals surface area contributed by atoms with Gasteiger partial charge in [-0.25, -0.2) is 0 Å². The van der Waals surface area contributed by atoms with E-state index in [0.717, 1.165) is 24.3 Å². The third-order valence-corrected chi connectivity index (χ3v) is 2.33. The lowest BCUT2D eigenvalue weighted by molar-refractivity contribution is 0.289. The van der Waals surface area contributed by atoms with Crippen molar-refractivity contribution >= 4 is 11.6 Å². The van der Waals surface area contributed by atoms with E-state index in [1.54, 1.807) is 0 Å². The van der Waals surface area contributed by atoms with E-state index in [9.17, 15) is 0 Å². The van der Waals surface area contributed by atoms with Gasteiger partial charge < -0.3 is 4.74 Å². The first-order valence-electron chi connectivity index (χ1n) is 5.00. The molecule has 0 aliphatic rings. The fourth-order valence-corrected chi connectivity index (χ4v) is 1.30. The lowest BCUT2D eigenvalue weighted by atomic mass is 10.1. The maximum atomic E-state index is 5.73. The SMILES string of the molecule is CC(C)CCOc1cccc(CCl)c1. The Bertz CT molecular complexity index is 271. The smallest absolute Gasteiger partial charge is 0.119 e. The number of halogens is 1. The van der Waals surface area contributed by atoms with Gasteiger partial charge in [0.05, 0.1) is 6.61 Å². The van der Waals surface area contributed by atoms with Crippen LogP contribution in [-0.4, -0.2) is 6.61 Å². The Balaban J connectivity index is 2.42. The quantitative estimate of drug-likeness (QED) is 0.674. The molecule has 1 aromatic carbocycles. The number of benzene rings is 1. The summed E-state index contributed by atoms with van der Waals surface area (Å²) in [6, 6.07) is 7.94. The lowest BCUT2D eigenvalue weighted by Crippen LogP contribution is -2.01. The summed E-state index contributed by atoms with van der Waals surface area (Å²) in [5.74, 6) is 2.15. The Morgan fingerprint density at radius 2 is 2.14 bits per heavy atom. The van der Waals surface area contributed by atoms with Crippen molar-refractivity contribution in [3.63, 3.8) is 0 Å². The molecule has 0 N–H and O–H groups in total. The number of ether oxygens (including phenoxy) is 1. The zero-order chi connectivity index (χ0) is 10.4. The van der Waals surface area contributed by atoms with Gasteiger partial charge in [-0.2, -0.15) is 0 Å². The summed E-state index contributed by atoms with van der Waals surface area (Å²) in [5.41, 5.74) is 1.11. The second kappa shape index (κ2) is 5.92. The molecule has 0 bridgehead atoms. The third-order valence-electron chi connectivity index (χ3n) is 2.02. The maximum absolute atomic E-state index is 5.73. The highest BCUT2D eigenvalue weighted by Crippen LogP contribution is 2.15. The molecule has 0 saturated heterocycles. The van der Waals surface area contributed by atoms with E-state index in [2.05, 4.69) is 13.8 Å². The number of hydrogen-bond acceptors (Lipinski definition) is 1. The minimum Gasteiger partial charge on any atom is -0.494 e. The van der Waals surface area contributed by atoms with E-state index in [4.69, 9.17) is 16.3 Å². The van der Waals surface area contributed by atoms with Crippen molar-refractivity contribution in [2.24, 2.45) is 5.92 Å². The summed E-state index contributed by atoms with van der Waals surface area (Å²) in [6.07, 6.45) is 1.09. The molecule has 0 unspecified atom stereocenters. The summed E-state index contributed by atoms with van der Waals surface area (Å²) in [4.78, 5) is 0. The Labute approximate surface area is 91.0 Å². The predicted molar refractivity (Wildman–Crippen MR) is 60.9 cm³/mol. The van der Waals surface area contributed by atoms with Gasteiger partial charge in [0.25, 0.3) is 0 Å². The zero-order valence-electron chi connectivity index (χ0n) is 8.79. The van der Waals surface area contributed by atoms with E-state index < -0.39 is 0 Å². The molecule has 1 nitrogen and oxygen atoms in total. The average Bonchev–Trinajstić information content (AvgIpc) is 2.18. The zero-order valence-corrected chi connectivity index (χ0v) is 9.55. The minimum atomic E-state index is 0.543. The van der Waals surface area contributed by atoms with Crippen LogP contribution in [0, 0.1) is 5.92 Å². The van der Waals surface area contributed by atoms with Crippen molar-refractivity contribution in [2.75, 3.05) is 6.61 Å². The van der Waals surface area contributed by atoms with E-state index in [1.165, 1.54) is 0 Å². The summed E-state index contributed by atoms with van der Waals surface area (Å²) >= 11 is 5.73. The molecule has 0 radical (unpaired) electrons. The van der Waals surface area contributed by atoms with Gasteiger partial charge in [0.15, 0.2) is 0 Å². The topological polar surface area (TPSA) is 9.23 Å². The Kier molecular flexibility index (Phi) is 4.81. The highest BCUT2D eigenvalue weighted by molar-refractivity contribution is 6.17. The van der Waals surface area contributed by atoms with Gasteiger partial charge in [0.1, 0.15) is 5.75 Å². The van der Waals surface area contributed by atoms with Crippen LogP contribution in [0.5, 0.6) is 5.75 Å². The molecule has 0 heterocycles. The van der Waals surface area contributed by atoms with Crippen LogP contribution in [0.4, 0.5) is 0 Å². The first-order valence-corrected chi connectivity index (χ1v) is 5.53. The van der Waals surface area contributed by atoms with E-state index in [1.807, 2.05) is 24.3 Å². The summed E-state index contributed by atoms with van der Waals surface area (Å²) in [6.45, 7) is 5.17. The van der Waals surface area contributed by atoms with Crippen molar-refractivity contribution in [2.45, 2.75) is 26.1 Å². The van der Waals surface area contributed by atoms with Crippen LogP contribution in [0.25, 0.3) is 0 Å². The van der Waals surface area contributed by atoms with Crippen LogP contribution in [-0.2, 0) is 5.88 Å². The van der Waals surface area contributed by atoms with Crippen LogP contribution >= 0.6 is 11.6 Å². The van der Waals surface area contributed by atoms with Gasteiger partial charge in [-0.15, -0.1) is 11.6 Å². The Morgan fingerprint density at radius 1 is 1.36 bits per heavy atom. The molecular formula is C12H17ClO. The summed E-state index contributed by atoms with van der Waals surface area (Å²) in [5, 5.41) is 0. The van der Waals surface area contributed by atoms with Gasteiger partial charge in [-0.3, -0.25) is 0 Å². The molecule has 14 heavy (non-hydrogen) atoms. The Hall–Kier alpha value is -0.690. The molecule has 0 saturated carbocycles. The van der Waals surface area contributed by atoms with Crippen LogP contribution in [0.15, 0.2) is 24.3 Å². The number of rotatable bonds is 5. The van der Waals surface area contributed by atoms with Crippen molar-refractivity contribution in [1.82, 2.24) is 0 Å². The summed E-state index contributed by atoms with van der Waals surface area (Å²) < 4.78 is 5.60. The molecule has 0 amide bonds. The molecule has 1 aromatic rings. The number of alkyl halides is 1. The minimum absolute atomic E-state index is 0.543. The molecule has 0 aromatic heterocycles. The van der Waals surface area contributed by atoms with Crippen molar-refractivity contribution in [3.05, 3.63) is 29.8 Å². The molecule has 78 valence electrons. The maximum Gasteiger partial charge on any atom is 0.119 e. The number of hydrogen-bond donors (Lipinski definition) is 0. The van der Waals surface area contributed by atoms with Gasteiger partial charge in [0, 0.05) is 5.88 Å². The largest absolute Gasteiger partial charge is 0.494 e. The molecule has 0 aliphatic heterocycles. The normalized spacial score (nSPS) is 10.6. The molecular weight excluding hydrogens is 196 g/mol. The highest BCUT2D eigenvalue weighted by atomic mass is 35.5. The lowest BCUT2D eigenvalue weighted by Gasteiger charge is -2.08. The first kappa shape index (κ1) is 11.4. The standard InChI is InChI=1S/C12H17ClO/c1-10(2)6-7-14-12-5-3-4-11(8-12)9-13/h3-5,8,10H,6-7,9H2,1-2H3. The van der Waals surface area contributed by atoms with Gasteiger partial charge in [-0.05, 0) is 30.0 Å². The van der Waals surface area contributed by atoms with Crippen molar-refractivity contribution in [3.8, 4) is 5.75 Å². The van der Waals surface area contributed by atoms with Gasteiger partial charge >= 0.3 is 0 Å². The van der Waals surface area contributed by atoms with Crippen LogP contribution < -0.4 is 4.74 Å². The Morgan fingerprint density at radius 3 is 2.79 bits per heavy atom. The molecule has 2 heteroatoms. The fourth-order valence-electron chi connectivity index (χ4n) is 1.13. The van der Waals surface area contributed by atoms with Crippen LogP contribution in [0.1, 0.15) is 25.8 Å². The molecule has 1 rings (SSSR count). The van der Waals surface area contributed by atoms with Gasteiger partial charge in [-0.1, -0.05) is 26.0 Å². The fraction of sp³-hybridized carbons (Fsp3) is 0.500. The highest BCUT2D eigenvalue weighted by Gasteiger charge is 1.97. The molecule has 0 aliphatic carbocycles. The molecule has 0 atom stereocenters. The van der Waals surface area contributed by atoms with Crippen molar-refractivity contribution < 1.29 is 4.74 Å². The first-order chi connectivity index (χ1) is 6.72. The monoisotopic (exact) mass is 212 g/mol. The van der Waals surface area contributed by atoms with E-state index in [-0.39, 0.29) is 0 Å². The van der Waals surface area contributed by atoms with E-state index >= 15 is 0 Å². The van der Waals surface area contributed by atoms with E-state index in [0.29, 0.717) is 11.8 Å². The molecule has 0 spiro atoms. The van der Waals surface area contributed by atoms with Crippen molar-refractivity contribution in [1.29, 1.82) is 0 Å². The summed E-state index contributed by atoms with van der Waals surface area (Å²) in [7, 11) is 0. The second-order valence-electron chi connectivity index (χ2n) is 3.81.